The number of hydrogen-bond acceptors (Lipinski definition) is 5. The van der Waals surface area contributed by atoms with Crippen LogP contribution >= 0.6 is 11.6 Å². The maximum absolute atomic E-state index is 14.2. The standard InChI is InChI=1S/C31H33ClF3N3O5/c1-29(43)13-14-37(16-29)26(39)19-9-10-20-23(15-19)38(36-25(20)17-5-7-18(8-6-17)28(41)42)27(40)24-21(3-2-4-22(24)32)30(11-12-30)31(33,34)35/h2-5,18-19,43H,6-16H2,1H3,(H,41,42). The predicted molar refractivity (Wildman–Crippen MR) is 151 cm³/mol. The van der Waals surface area contributed by atoms with Crippen molar-refractivity contribution in [2.24, 2.45) is 11.8 Å². The summed E-state index contributed by atoms with van der Waals surface area (Å²) in [6.07, 6.45) is -0.406. The first-order valence-electron chi connectivity index (χ1n) is 14.7. The number of hydrogen-bond donors (Lipinski definition) is 2. The highest BCUT2D eigenvalue weighted by molar-refractivity contribution is 6.34. The van der Waals surface area contributed by atoms with Crippen LogP contribution in [0.15, 0.2) is 24.3 Å². The number of fused-ring (bicyclic) bond motifs is 1. The van der Waals surface area contributed by atoms with Crippen LogP contribution in [0.5, 0.6) is 0 Å². The second-order valence-electron chi connectivity index (χ2n) is 12.7. The van der Waals surface area contributed by atoms with Gasteiger partial charge in [0, 0.05) is 31.0 Å². The lowest BCUT2D eigenvalue weighted by molar-refractivity contribution is -0.160. The average Bonchev–Trinajstić information content (AvgIpc) is 3.59. The lowest BCUT2D eigenvalue weighted by Gasteiger charge is -2.28. The third-order valence-corrected chi connectivity index (χ3v) is 9.99. The first kappa shape index (κ1) is 29.9. The molecule has 1 aromatic carbocycles. The zero-order valence-electron chi connectivity index (χ0n) is 23.7. The molecule has 2 fully saturated rings. The van der Waals surface area contributed by atoms with Gasteiger partial charge in [0.25, 0.3) is 5.91 Å². The summed E-state index contributed by atoms with van der Waals surface area (Å²) in [5.41, 5.74) is -1.03. The molecule has 1 saturated heterocycles. The second-order valence-corrected chi connectivity index (χ2v) is 13.1. The Kier molecular flexibility index (Phi) is 7.27. The molecule has 2 aromatic rings. The number of β-amino-alcohol motifs (C(OH)–C–C–N with tert-alkyl or cyclic N) is 1. The number of aliphatic hydroxyl groups is 1. The minimum Gasteiger partial charge on any atom is -0.481 e. The van der Waals surface area contributed by atoms with Crippen molar-refractivity contribution in [3.63, 3.8) is 0 Å². The van der Waals surface area contributed by atoms with E-state index in [0.717, 1.165) is 15.8 Å². The van der Waals surface area contributed by atoms with E-state index in [1.807, 2.05) is 6.08 Å². The van der Waals surface area contributed by atoms with Crippen molar-refractivity contribution < 1.29 is 37.8 Å². The molecule has 1 saturated carbocycles. The number of likely N-dealkylation sites (tertiary alicyclic amines) is 1. The zero-order chi connectivity index (χ0) is 30.9. The van der Waals surface area contributed by atoms with Gasteiger partial charge < -0.3 is 15.1 Å². The van der Waals surface area contributed by atoms with Gasteiger partial charge in [0.15, 0.2) is 0 Å². The third kappa shape index (κ3) is 5.18. The van der Waals surface area contributed by atoms with Crippen LogP contribution in [-0.4, -0.2) is 67.5 Å². The number of carboxylic acid groups (broad SMARTS) is 1. The largest absolute Gasteiger partial charge is 0.481 e. The van der Waals surface area contributed by atoms with Crippen molar-refractivity contribution >= 4 is 35.0 Å². The van der Waals surface area contributed by atoms with Gasteiger partial charge in [0.2, 0.25) is 5.91 Å². The van der Waals surface area contributed by atoms with E-state index in [4.69, 9.17) is 11.6 Å². The van der Waals surface area contributed by atoms with Gasteiger partial charge in [0.05, 0.1) is 38.9 Å². The topological polar surface area (TPSA) is 113 Å². The highest BCUT2D eigenvalue weighted by atomic mass is 35.5. The Morgan fingerprint density at radius 1 is 1.09 bits per heavy atom. The summed E-state index contributed by atoms with van der Waals surface area (Å²) in [5, 5.41) is 24.4. The lowest BCUT2D eigenvalue weighted by atomic mass is 9.82. The van der Waals surface area contributed by atoms with Gasteiger partial charge in [-0.3, -0.25) is 14.4 Å². The van der Waals surface area contributed by atoms with E-state index >= 15 is 0 Å². The summed E-state index contributed by atoms with van der Waals surface area (Å²) < 4.78 is 43.8. The number of nitrogens with zero attached hydrogens (tertiary/aromatic N) is 3. The van der Waals surface area contributed by atoms with Crippen molar-refractivity contribution in [1.82, 2.24) is 14.7 Å². The molecule has 3 atom stereocenters. The molecule has 2 heterocycles. The molecule has 4 aliphatic rings. The number of rotatable bonds is 5. The van der Waals surface area contributed by atoms with E-state index in [-0.39, 0.29) is 47.9 Å². The molecule has 0 radical (unpaired) electrons. The number of allylic oxidation sites excluding steroid dienone is 2. The molecule has 0 spiro atoms. The van der Waals surface area contributed by atoms with Gasteiger partial charge in [-0.15, -0.1) is 0 Å². The van der Waals surface area contributed by atoms with Gasteiger partial charge in [-0.05, 0) is 75.5 Å². The van der Waals surface area contributed by atoms with Gasteiger partial charge in [-0.2, -0.15) is 23.0 Å². The van der Waals surface area contributed by atoms with Crippen molar-refractivity contribution in [3.8, 4) is 0 Å². The van der Waals surface area contributed by atoms with E-state index in [1.54, 1.807) is 11.8 Å². The van der Waals surface area contributed by atoms with Crippen molar-refractivity contribution in [1.29, 1.82) is 0 Å². The van der Waals surface area contributed by atoms with E-state index in [0.29, 0.717) is 56.5 Å². The van der Waals surface area contributed by atoms with Crippen LogP contribution in [0.3, 0.4) is 0 Å². The molecule has 6 rings (SSSR count). The van der Waals surface area contributed by atoms with E-state index in [9.17, 15) is 37.8 Å². The predicted octanol–water partition coefficient (Wildman–Crippen LogP) is 5.18. The number of aliphatic carboxylic acids is 1. The minimum atomic E-state index is -4.57. The van der Waals surface area contributed by atoms with Crippen LogP contribution in [-0.2, 0) is 27.8 Å². The van der Waals surface area contributed by atoms with Gasteiger partial charge in [-0.25, -0.2) is 0 Å². The third-order valence-electron chi connectivity index (χ3n) is 9.68. The fourth-order valence-electron chi connectivity index (χ4n) is 6.99. The van der Waals surface area contributed by atoms with Crippen LogP contribution in [0.1, 0.15) is 84.7 Å². The summed E-state index contributed by atoms with van der Waals surface area (Å²) >= 11 is 6.45. The molecule has 230 valence electrons. The van der Waals surface area contributed by atoms with Crippen molar-refractivity contribution in [3.05, 3.63) is 57.4 Å². The maximum Gasteiger partial charge on any atom is 0.398 e. The number of carbonyl (C=O) groups is 3. The molecule has 1 aliphatic heterocycles. The number of benzene rings is 1. The first-order valence-corrected chi connectivity index (χ1v) is 15.0. The Labute approximate surface area is 251 Å². The Bertz CT molecular complexity index is 1540. The van der Waals surface area contributed by atoms with Crippen LogP contribution in [0.2, 0.25) is 5.02 Å². The molecule has 3 unspecified atom stereocenters. The fraction of sp³-hybridized carbons (Fsp3) is 0.548. The molecular formula is C31H33ClF3N3O5. The monoisotopic (exact) mass is 619 g/mol. The molecule has 0 bridgehead atoms. The Hall–Kier alpha value is -3.18. The number of carboxylic acids is 1. The van der Waals surface area contributed by atoms with Crippen molar-refractivity contribution in [2.45, 2.75) is 81.9 Å². The fourth-order valence-corrected chi connectivity index (χ4v) is 7.25. The van der Waals surface area contributed by atoms with Crippen LogP contribution in [0, 0.1) is 11.8 Å². The number of amides is 1. The highest BCUT2D eigenvalue weighted by Gasteiger charge is 2.65. The van der Waals surface area contributed by atoms with E-state index in [1.165, 1.54) is 18.2 Å². The summed E-state index contributed by atoms with van der Waals surface area (Å²) in [6.45, 7) is 2.30. The number of alkyl halides is 3. The molecule has 8 nitrogen and oxygen atoms in total. The van der Waals surface area contributed by atoms with Crippen LogP contribution in [0.25, 0.3) is 5.57 Å². The van der Waals surface area contributed by atoms with Crippen LogP contribution < -0.4 is 0 Å². The van der Waals surface area contributed by atoms with E-state index < -0.39 is 40.9 Å². The molecule has 12 heteroatoms. The SMILES string of the molecule is CC1(O)CCN(C(=O)C2CCc3c(C4=CCC(C(=O)O)CC4)nn(C(=O)c4c(Cl)cccc4C4(C(F)(F)F)CC4)c3C2)C1. The minimum absolute atomic E-state index is 0.104. The molecule has 2 N–H and O–H groups in total. The van der Waals surface area contributed by atoms with E-state index in [2.05, 4.69) is 5.10 Å². The Morgan fingerprint density at radius 2 is 1.81 bits per heavy atom. The Morgan fingerprint density at radius 3 is 2.40 bits per heavy atom. The average molecular weight is 620 g/mol. The van der Waals surface area contributed by atoms with Crippen molar-refractivity contribution in [2.75, 3.05) is 13.1 Å². The molecular weight excluding hydrogens is 587 g/mol. The molecule has 1 aromatic heterocycles. The number of carbonyl (C=O) groups excluding carboxylic acids is 2. The summed E-state index contributed by atoms with van der Waals surface area (Å²) in [7, 11) is 0. The summed E-state index contributed by atoms with van der Waals surface area (Å²) in [5.74, 6) is -2.82. The second kappa shape index (κ2) is 10.5. The molecule has 1 amide bonds. The van der Waals surface area contributed by atoms with Gasteiger partial charge in [0.1, 0.15) is 0 Å². The smallest absolute Gasteiger partial charge is 0.398 e. The summed E-state index contributed by atoms with van der Waals surface area (Å²) in [4.78, 5) is 40.9. The number of halogens is 4. The summed E-state index contributed by atoms with van der Waals surface area (Å²) in [6, 6.07) is 4.11. The van der Waals surface area contributed by atoms with Gasteiger partial charge in [-0.1, -0.05) is 29.8 Å². The maximum atomic E-state index is 14.2. The highest BCUT2D eigenvalue weighted by Crippen LogP contribution is 2.60. The first-order chi connectivity index (χ1) is 20.2. The number of aromatic nitrogens is 2. The Balaban J connectivity index is 1.42. The van der Waals surface area contributed by atoms with Gasteiger partial charge >= 0.3 is 12.1 Å². The molecule has 43 heavy (non-hydrogen) atoms. The molecule has 3 aliphatic carbocycles. The quantitative estimate of drug-likeness (QED) is 0.477. The van der Waals surface area contributed by atoms with Crippen LogP contribution in [0.4, 0.5) is 13.2 Å². The zero-order valence-corrected chi connectivity index (χ0v) is 24.5. The normalized spacial score (nSPS) is 26.6. The lowest BCUT2D eigenvalue weighted by Crippen LogP contribution is -2.40.